The molecule has 0 amide bonds. The number of carbonyl (C=O) groups is 3. The third-order valence-corrected chi connectivity index (χ3v) is 12.4. The lowest BCUT2D eigenvalue weighted by atomic mass is 10.0. The van der Waals surface area contributed by atoms with Crippen molar-refractivity contribution in [3.8, 4) is 0 Å². The van der Waals surface area contributed by atoms with Crippen LogP contribution in [0.15, 0.2) is 24.3 Å². The third-order valence-electron chi connectivity index (χ3n) is 12.4. The molecule has 6 nitrogen and oxygen atoms in total. The van der Waals surface area contributed by atoms with E-state index in [4.69, 9.17) is 14.2 Å². The van der Waals surface area contributed by atoms with Crippen molar-refractivity contribution in [3.05, 3.63) is 24.3 Å². The highest BCUT2D eigenvalue weighted by atomic mass is 16.6. The number of unbranched alkanes of at least 4 members (excludes halogenated alkanes) is 36. The van der Waals surface area contributed by atoms with Crippen LogP contribution in [0.2, 0.25) is 0 Å². The van der Waals surface area contributed by atoms with Gasteiger partial charge in [-0.25, -0.2) is 0 Å². The summed E-state index contributed by atoms with van der Waals surface area (Å²) in [6, 6.07) is 0. The Kier molecular flexibility index (Phi) is 50.8. The van der Waals surface area contributed by atoms with Crippen molar-refractivity contribution in [2.45, 2.75) is 309 Å². The van der Waals surface area contributed by atoms with Gasteiger partial charge in [0.1, 0.15) is 13.2 Å². The average molecular weight is 887 g/mol. The van der Waals surface area contributed by atoms with Crippen molar-refractivity contribution < 1.29 is 28.6 Å². The van der Waals surface area contributed by atoms with Crippen molar-refractivity contribution in [3.63, 3.8) is 0 Å². The van der Waals surface area contributed by atoms with Gasteiger partial charge in [-0.15, -0.1) is 0 Å². The first-order chi connectivity index (χ1) is 31.0. The van der Waals surface area contributed by atoms with Crippen molar-refractivity contribution >= 4 is 17.9 Å². The van der Waals surface area contributed by atoms with E-state index in [1.165, 1.54) is 173 Å². The fraction of sp³-hybridized carbons (Fsp3) is 0.877. The quantitative estimate of drug-likeness (QED) is 0.0262. The summed E-state index contributed by atoms with van der Waals surface area (Å²) in [4.78, 5) is 37.7. The molecule has 0 aromatic heterocycles. The van der Waals surface area contributed by atoms with E-state index in [-0.39, 0.29) is 31.1 Å². The summed E-state index contributed by atoms with van der Waals surface area (Å²) < 4.78 is 16.7. The van der Waals surface area contributed by atoms with Crippen LogP contribution in [-0.4, -0.2) is 37.2 Å². The van der Waals surface area contributed by atoms with Gasteiger partial charge in [0.15, 0.2) is 6.10 Å². The minimum Gasteiger partial charge on any atom is -0.462 e. The maximum atomic E-state index is 12.7. The predicted molar refractivity (Wildman–Crippen MR) is 270 cm³/mol. The van der Waals surface area contributed by atoms with Gasteiger partial charge in [-0.3, -0.25) is 14.4 Å². The van der Waals surface area contributed by atoms with E-state index in [1.54, 1.807) is 0 Å². The number of carbonyl (C=O) groups excluding carboxylic acids is 3. The fourth-order valence-electron chi connectivity index (χ4n) is 8.25. The summed E-state index contributed by atoms with van der Waals surface area (Å²) in [7, 11) is 0. The highest BCUT2D eigenvalue weighted by Gasteiger charge is 2.19. The Labute approximate surface area is 392 Å². The van der Waals surface area contributed by atoms with Gasteiger partial charge >= 0.3 is 17.9 Å². The zero-order valence-electron chi connectivity index (χ0n) is 42.4. The van der Waals surface area contributed by atoms with Crippen LogP contribution in [0.4, 0.5) is 0 Å². The Bertz CT molecular complexity index is 1020. The van der Waals surface area contributed by atoms with Crippen molar-refractivity contribution in [1.29, 1.82) is 0 Å². The monoisotopic (exact) mass is 887 g/mol. The molecule has 0 spiro atoms. The van der Waals surface area contributed by atoms with Crippen LogP contribution in [0.3, 0.4) is 0 Å². The Balaban J connectivity index is 4.01. The Hall–Kier alpha value is -2.11. The molecular formula is C57H106O6. The summed E-state index contributed by atoms with van der Waals surface area (Å²) in [5.41, 5.74) is 0. The van der Waals surface area contributed by atoms with Crippen LogP contribution in [0.1, 0.15) is 303 Å². The number of rotatable bonds is 51. The van der Waals surface area contributed by atoms with E-state index in [2.05, 4.69) is 45.1 Å². The molecule has 0 rings (SSSR count). The number of allylic oxidation sites excluding steroid dienone is 4. The lowest BCUT2D eigenvalue weighted by molar-refractivity contribution is -0.167. The topological polar surface area (TPSA) is 78.9 Å². The van der Waals surface area contributed by atoms with Gasteiger partial charge < -0.3 is 14.2 Å². The Morgan fingerprint density at radius 1 is 0.317 bits per heavy atom. The summed E-state index contributed by atoms with van der Waals surface area (Å²) in [6.07, 6.45) is 60.7. The number of ether oxygens (including phenoxy) is 3. The van der Waals surface area contributed by atoms with Gasteiger partial charge in [-0.1, -0.05) is 263 Å². The standard InChI is InChI=1S/C57H106O6/c1-4-7-10-13-16-18-20-22-23-24-25-26-27-28-29-30-31-32-33-34-36-37-39-41-44-47-50-56(59)62-53-54(52-61-55(58)49-46-43-15-12-9-6-3)63-57(60)51-48-45-42-40-38-35-21-19-17-14-11-8-5-2/h11,14,19,21,54H,4-10,12-13,15-18,20,22-53H2,1-3H3/b14-11-,21-19-. The van der Waals surface area contributed by atoms with E-state index >= 15 is 0 Å². The number of hydrogen-bond acceptors (Lipinski definition) is 6. The Morgan fingerprint density at radius 3 is 0.937 bits per heavy atom. The van der Waals surface area contributed by atoms with Crippen molar-refractivity contribution in [1.82, 2.24) is 0 Å². The highest BCUT2D eigenvalue weighted by molar-refractivity contribution is 5.71. The molecule has 1 unspecified atom stereocenters. The van der Waals surface area contributed by atoms with E-state index in [0.717, 1.165) is 89.9 Å². The molecule has 6 heteroatoms. The smallest absolute Gasteiger partial charge is 0.306 e. The van der Waals surface area contributed by atoms with Gasteiger partial charge in [-0.2, -0.15) is 0 Å². The second-order valence-corrected chi connectivity index (χ2v) is 18.9. The second kappa shape index (κ2) is 52.5. The SMILES string of the molecule is CCC/C=C\C/C=C\CCCCCCCC(=O)OC(COC(=O)CCCCCCCC)COC(=O)CCCCCCCCCCCCCCCCCCCCCCCCCCCC. The first kappa shape index (κ1) is 60.9. The highest BCUT2D eigenvalue weighted by Crippen LogP contribution is 2.17. The molecule has 0 heterocycles. The first-order valence-electron chi connectivity index (χ1n) is 27.8. The maximum Gasteiger partial charge on any atom is 0.306 e. The van der Waals surface area contributed by atoms with Crippen molar-refractivity contribution in [2.24, 2.45) is 0 Å². The minimum absolute atomic E-state index is 0.0732. The molecule has 1 atom stereocenters. The van der Waals surface area contributed by atoms with Gasteiger partial charge in [0.2, 0.25) is 0 Å². The summed E-state index contributed by atoms with van der Waals surface area (Å²) >= 11 is 0. The number of hydrogen-bond donors (Lipinski definition) is 0. The first-order valence-corrected chi connectivity index (χ1v) is 27.8. The number of esters is 3. The van der Waals surface area contributed by atoms with E-state index in [0.29, 0.717) is 19.3 Å². The summed E-state index contributed by atoms with van der Waals surface area (Å²) in [5.74, 6) is -0.884. The van der Waals surface area contributed by atoms with Crippen LogP contribution < -0.4 is 0 Å². The van der Waals surface area contributed by atoms with Crippen LogP contribution >= 0.6 is 0 Å². The van der Waals surface area contributed by atoms with Crippen molar-refractivity contribution in [2.75, 3.05) is 13.2 Å². The molecule has 63 heavy (non-hydrogen) atoms. The van der Waals surface area contributed by atoms with Gasteiger partial charge in [0, 0.05) is 19.3 Å². The lowest BCUT2D eigenvalue weighted by Crippen LogP contribution is -2.30. The molecule has 0 aliphatic heterocycles. The second-order valence-electron chi connectivity index (χ2n) is 18.9. The van der Waals surface area contributed by atoms with Gasteiger partial charge in [-0.05, 0) is 44.9 Å². The molecule has 0 fully saturated rings. The molecule has 0 aromatic rings. The molecule has 0 radical (unpaired) electrons. The third kappa shape index (κ3) is 50.7. The average Bonchev–Trinajstić information content (AvgIpc) is 3.28. The zero-order valence-corrected chi connectivity index (χ0v) is 42.4. The van der Waals surface area contributed by atoms with E-state index in [1.807, 2.05) is 0 Å². The largest absolute Gasteiger partial charge is 0.462 e. The molecule has 0 N–H and O–H groups in total. The molecular weight excluding hydrogens is 781 g/mol. The normalized spacial score (nSPS) is 12.1. The maximum absolute atomic E-state index is 12.7. The van der Waals surface area contributed by atoms with Gasteiger partial charge in [0.25, 0.3) is 0 Å². The predicted octanol–water partition coefficient (Wildman–Crippen LogP) is 18.3. The van der Waals surface area contributed by atoms with Crippen LogP contribution in [-0.2, 0) is 28.6 Å². The summed E-state index contributed by atoms with van der Waals surface area (Å²) in [6.45, 7) is 6.54. The molecule has 0 aliphatic rings. The van der Waals surface area contributed by atoms with Crippen LogP contribution in [0.25, 0.3) is 0 Å². The van der Waals surface area contributed by atoms with E-state index < -0.39 is 6.10 Å². The van der Waals surface area contributed by atoms with Crippen LogP contribution in [0.5, 0.6) is 0 Å². The molecule has 0 saturated carbocycles. The molecule has 0 aliphatic carbocycles. The minimum atomic E-state index is -0.771. The van der Waals surface area contributed by atoms with Crippen LogP contribution in [0, 0.1) is 0 Å². The molecule has 370 valence electrons. The fourth-order valence-corrected chi connectivity index (χ4v) is 8.25. The van der Waals surface area contributed by atoms with Gasteiger partial charge in [0.05, 0.1) is 0 Å². The van der Waals surface area contributed by atoms with E-state index in [9.17, 15) is 14.4 Å². The summed E-state index contributed by atoms with van der Waals surface area (Å²) in [5, 5.41) is 0. The lowest BCUT2D eigenvalue weighted by Gasteiger charge is -2.18. The Morgan fingerprint density at radius 2 is 0.603 bits per heavy atom. The zero-order chi connectivity index (χ0) is 45.8. The molecule has 0 saturated heterocycles. The molecule has 0 bridgehead atoms. The molecule has 0 aromatic carbocycles.